The maximum atomic E-state index is 13.5. The number of imidazole rings is 1. The number of fused-ring (bicyclic) bond motifs is 4. The van der Waals surface area contributed by atoms with Gasteiger partial charge in [-0.1, -0.05) is 72.8 Å². The fraction of sp³-hybridized carbons (Fsp3) is 0.0333. The lowest BCUT2D eigenvalue weighted by Gasteiger charge is -2.09. The second-order valence-electron chi connectivity index (χ2n) is 8.87. The van der Waals surface area contributed by atoms with Crippen LogP contribution < -0.4 is 5.56 Å². The van der Waals surface area contributed by atoms with Gasteiger partial charge in [-0.15, -0.1) is 0 Å². The molecule has 176 valence electrons. The molecule has 0 saturated carbocycles. The van der Waals surface area contributed by atoms with Gasteiger partial charge in [0, 0.05) is 23.7 Å². The molecule has 7 rings (SSSR count). The molecule has 0 N–H and O–H groups in total. The van der Waals surface area contributed by atoms with Crippen LogP contribution in [0, 0.1) is 0 Å². The molecule has 0 saturated heterocycles. The van der Waals surface area contributed by atoms with Crippen LogP contribution in [0.3, 0.4) is 0 Å². The molecule has 0 fully saturated rings. The zero-order valence-electron chi connectivity index (χ0n) is 19.9. The van der Waals surface area contributed by atoms with Crippen LogP contribution in [0.4, 0.5) is 0 Å². The van der Waals surface area contributed by atoms with Crippen molar-refractivity contribution in [3.05, 3.63) is 113 Å². The molecular formula is C30H20N6O. The minimum Gasteiger partial charge on any atom is -0.314 e. The lowest BCUT2D eigenvalue weighted by molar-refractivity contribution is 0.921. The molecule has 7 nitrogen and oxygen atoms in total. The van der Waals surface area contributed by atoms with Gasteiger partial charge in [0.05, 0.1) is 21.9 Å². The topological polar surface area (TPSA) is 78.0 Å². The summed E-state index contributed by atoms with van der Waals surface area (Å²) in [7, 11) is 1.92. The summed E-state index contributed by atoms with van der Waals surface area (Å²) in [4.78, 5) is 32.7. The summed E-state index contributed by atoms with van der Waals surface area (Å²) >= 11 is 0. The molecule has 0 aliphatic rings. The number of nitrogens with zero attached hydrogens (tertiary/aromatic N) is 6. The highest BCUT2D eigenvalue weighted by molar-refractivity contribution is 5.88. The third kappa shape index (κ3) is 3.40. The molecule has 0 amide bonds. The van der Waals surface area contributed by atoms with Gasteiger partial charge in [-0.05, 0) is 30.3 Å². The summed E-state index contributed by atoms with van der Waals surface area (Å²) in [5.74, 6) is 2.29. The largest absolute Gasteiger partial charge is 0.314 e. The Labute approximate surface area is 211 Å². The van der Waals surface area contributed by atoms with Crippen LogP contribution in [-0.2, 0) is 7.05 Å². The predicted molar refractivity (Wildman–Crippen MR) is 145 cm³/mol. The van der Waals surface area contributed by atoms with E-state index in [1.807, 2.05) is 115 Å². The molecule has 7 aromatic rings. The first-order valence-corrected chi connectivity index (χ1v) is 11.9. The fourth-order valence-electron chi connectivity index (χ4n) is 4.74. The van der Waals surface area contributed by atoms with Crippen LogP contribution in [0.2, 0.25) is 0 Å². The Kier molecular flexibility index (Phi) is 4.69. The van der Waals surface area contributed by atoms with Crippen molar-refractivity contribution in [1.29, 1.82) is 0 Å². The van der Waals surface area contributed by atoms with Crippen LogP contribution in [0.25, 0.3) is 61.9 Å². The minimum absolute atomic E-state index is 0.103. The fourth-order valence-corrected chi connectivity index (χ4v) is 4.74. The van der Waals surface area contributed by atoms with Crippen molar-refractivity contribution in [2.45, 2.75) is 0 Å². The average molecular weight is 481 g/mol. The Bertz CT molecular complexity index is 1950. The first-order valence-electron chi connectivity index (χ1n) is 11.9. The van der Waals surface area contributed by atoms with Gasteiger partial charge in [0.25, 0.3) is 5.56 Å². The number of hydrogen-bond donors (Lipinski definition) is 0. The first-order chi connectivity index (χ1) is 18.2. The van der Waals surface area contributed by atoms with Crippen molar-refractivity contribution < 1.29 is 0 Å². The van der Waals surface area contributed by atoms with Gasteiger partial charge < -0.3 is 4.57 Å². The highest BCUT2D eigenvalue weighted by atomic mass is 16.1. The van der Waals surface area contributed by atoms with Gasteiger partial charge in [0.1, 0.15) is 0 Å². The van der Waals surface area contributed by atoms with E-state index in [9.17, 15) is 4.79 Å². The van der Waals surface area contributed by atoms with Gasteiger partial charge in [0.15, 0.2) is 17.5 Å². The van der Waals surface area contributed by atoms with Gasteiger partial charge in [0.2, 0.25) is 5.78 Å². The summed E-state index contributed by atoms with van der Waals surface area (Å²) in [5.41, 5.74) is 4.76. The monoisotopic (exact) mass is 480 g/mol. The molecule has 0 spiro atoms. The first kappa shape index (κ1) is 21.1. The standard InChI is InChI=1S/C30H20N6O/c1-35-24-15-9-8-14-22(24)29(37)36-25-18-21(16-17-23(25)31-30(35)36)28-33-26(19-10-4-2-5-11-19)32-27(34-28)20-12-6-3-7-13-20/h2-18H,1H3. The molecule has 0 atom stereocenters. The molecule has 0 bridgehead atoms. The van der Waals surface area contributed by atoms with Gasteiger partial charge in [-0.25, -0.2) is 24.3 Å². The summed E-state index contributed by atoms with van der Waals surface area (Å²) in [6, 6.07) is 33.1. The lowest BCUT2D eigenvalue weighted by atomic mass is 10.1. The summed E-state index contributed by atoms with van der Waals surface area (Å²) in [6.45, 7) is 0. The van der Waals surface area contributed by atoms with E-state index >= 15 is 0 Å². The Morgan fingerprint density at radius 2 is 1.14 bits per heavy atom. The Morgan fingerprint density at radius 3 is 1.78 bits per heavy atom. The van der Waals surface area contributed by atoms with Crippen LogP contribution in [0.5, 0.6) is 0 Å². The third-order valence-electron chi connectivity index (χ3n) is 6.59. The molecule has 0 radical (unpaired) electrons. The maximum absolute atomic E-state index is 13.5. The number of rotatable bonds is 3. The average Bonchev–Trinajstić information content (AvgIpc) is 3.36. The molecule has 3 aromatic heterocycles. The lowest BCUT2D eigenvalue weighted by Crippen LogP contribution is -2.17. The van der Waals surface area contributed by atoms with E-state index in [2.05, 4.69) is 0 Å². The van der Waals surface area contributed by atoms with Crippen LogP contribution >= 0.6 is 0 Å². The number of aryl methyl sites for hydroxylation is 1. The number of hydrogen-bond acceptors (Lipinski definition) is 5. The van der Waals surface area contributed by atoms with Gasteiger partial charge >= 0.3 is 0 Å². The van der Waals surface area contributed by atoms with E-state index < -0.39 is 0 Å². The molecule has 7 heteroatoms. The summed E-state index contributed by atoms with van der Waals surface area (Å²) in [6.07, 6.45) is 0. The third-order valence-corrected chi connectivity index (χ3v) is 6.59. The second kappa shape index (κ2) is 8.20. The van der Waals surface area contributed by atoms with Crippen molar-refractivity contribution in [3.8, 4) is 34.2 Å². The molecule has 0 aliphatic carbocycles. The van der Waals surface area contributed by atoms with E-state index in [1.165, 1.54) is 0 Å². The van der Waals surface area contributed by atoms with Crippen molar-refractivity contribution in [2.24, 2.45) is 7.05 Å². The van der Waals surface area contributed by atoms with Gasteiger partial charge in [-0.3, -0.25) is 4.79 Å². The van der Waals surface area contributed by atoms with Crippen molar-refractivity contribution >= 4 is 27.7 Å². The molecule has 0 unspecified atom stereocenters. The summed E-state index contributed by atoms with van der Waals surface area (Å²) < 4.78 is 3.61. The van der Waals surface area contributed by atoms with Crippen molar-refractivity contribution in [2.75, 3.05) is 0 Å². The van der Waals surface area contributed by atoms with Crippen LogP contribution in [-0.4, -0.2) is 28.9 Å². The highest BCUT2D eigenvalue weighted by Gasteiger charge is 2.17. The molecular weight excluding hydrogens is 460 g/mol. The SMILES string of the molecule is Cn1c2ccccc2c(=O)n2c3cc(-c4nc(-c5ccccc5)nc(-c5ccccc5)n4)ccc3nc12. The van der Waals surface area contributed by atoms with E-state index in [0.29, 0.717) is 34.2 Å². The number of aromatic nitrogens is 6. The Balaban J connectivity index is 1.49. The normalized spacial score (nSPS) is 11.5. The molecule has 37 heavy (non-hydrogen) atoms. The maximum Gasteiger partial charge on any atom is 0.267 e. The van der Waals surface area contributed by atoms with E-state index in [1.54, 1.807) is 4.40 Å². The molecule has 3 heterocycles. The van der Waals surface area contributed by atoms with Crippen molar-refractivity contribution in [1.82, 2.24) is 28.9 Å². The number of benzene rings is 4. The van der Waals surface area contributed by atoms with Crippen LogP contribution in [0.15, 0.2) is 108 Å². The van der Waals surface area contributed by atoms with Crippen LogP contribution in [0.1, 0.15) is 0 Å². The minimum atomic E-state index is -0.103. The second-order valence-corrected chi connectivity index (χ2v) is 8.87. The quantitative estimate of drug-likeness (QED) is 0.333. The van der Waals surface area contributed by atoms with Gasteiger partial charge in [-0.2, -0.15) is 0 Å². The summed E-state index contributed by atoms with van der Waals surface area (Å²) in [5, 5.41) is 0.639. The zero-order chi connectivity index (χ0) is 24.9. The molecule has 4 aromatic carbocycles. The van der Waals surface area contributed by atoms with E-state index in [-0.39, 0.29) is 5.56 Å². The number of para-hydroxylation sites is 1. The Morgan fingerprint density at radius 1 is 0.568 bits per heavy atom. The van der Waals surface area contributed by atoms with E-state index in [0.717, 1.165) is 27.7 Å². The zero-order valence-corrected chi connectivity index (χ0v) is 19.9. The predicted octanol–water partition coefficient (Wildman–Crippen LogP) is 5.53. The highest BCUT2D eigenvalue weighted by Crippen LogP contribution is 2.27. The Hall–Kier alpha value is -5.17. The van der Waals surface area contributed by atoms with Crippen molar-refractivity contribution in [3.63, 3.8) is 0 Å². The van der Waals surface area contributed by atoms with E-state index in [4.69, 9.17) is 19.9 Å². The smallest absolute Gasteiger partial charge is 0.267 e. The molecule has 0 aliphatic heterocycles.